The van der Waals surface area contributed by atoms with Crippen LogP contribution >= 0.6 is 0 Å². The molecule has 0 fully saturated rings. The molecule has 0 spiro atoms. The Bertz CT molecular complexity index is 457. The van der Waals surface area contributed by atoms with Crippen molar-refractivity contribution in [2.24, 2.45) is 17.4 Å². The van der Waals surface area contributed by atoms with E-state index in [1.807, 2.05) is 48.8 Å². The topological polar surface area (TPSA) is 81.1 Å². The zero-order chi connectivity index (χ0) is 14.9. The van der Waals surface area contributed by atoms with Gasteiger partial charge in [0.2, 0.25) is 0 Å². The lowest BCUT2D eigenvalue weighted by Gasteiger charge is -2.25. The van der Waals surface area contributed by atoms with Crippen molar-refractivity contribution < 1.29 is 0 Å². The lowest BCUT2D eigenvalue weighted by Crippen LogP contribution is -2.36. The van der Waals surface area contributed by atoms with Crippen molar-refractivity contribution in [2.75, 3.05) is 19.6 Å². The van der Waals surface area contributed by atoms with Gasteiger partial charge in [-0.2, -0.15) is 0 Å². The second-order valence-electron chi connectivity index (χ2n) is 5.15. The van der Waals surface area contributed by atoms with Crippen LogP contribution in [0, 0.1) is 5.92 Å². The zero-order valence-corrected chi connectivity index (χ0v) is 12.2. The van der Waals surface area contributed by atoms with Gasteiger partial charge in [0.05, 0.1) is 11.4 Å². The van der Waals surface area contributed by atoms with Gasteiger partial charge in [0.1, 0.15) is 0 Å². The van der Waals surface area contributed by atoms with Crippen LogP contribution in [0.1, 0.15) is 11.4 Å². The van der Waals surface area contributed by atoms with Crippen LogP contribution in [-0.4, -0.2) is 34.5 Å². The summed E-state index contributed by atoms with van der Waals surface area (Å²) < 4.78 is 0. The van der Waals surface area contributed by atoms with E-state index in [2.05, 4.69) is 14.9 Å². The Morgan fingerprint density at radius 1 is 0.857 bits per heavy atom. The van der Waals surface area contributed by atoms with E-state index in [-0.39, 0.29) is 5.92 Å². The Kier molecular flexibility index (Phi) is 6.27. The number of nitrogens with two attached hydrogens (primary N) is 2. The molecule has 2 aromatic rings. The van der Waals surface area contributed by atoms with Gasteiger partial charge in [-0.3, -0.25) is 14.9 Å². The molecule has 0 amide bonds. The summed E-state index contributed by atoms with van der Waals surface area (Å²) in [7, 11) is 0. The highest BCUT2D eigenvalue weighted by atomic mass is 15.1. The first-order valence-corrected chi connectivity index (χ1v) is 7.24. The Balaban J connectivity index is 2.06. The molecule has 0 aromatic carbocycles. The van der Waals surface area contributed by atoms with Crippen LogP contribution in [0.5, 0.6) is 0 Å². The number of hydrogen-bond acceptors (Lipinski definition) is 5. The van der Waals surface area contributed by atoms with E-state index in [1.165, 1.54) is 0 Å². The predicted molar refractivity (Wildman–Crippen MR) is 84.2 cm³/mol. The van der Waals surface area contributed by atoms with Crippen molar-refractivity contribution in [3.8, 4) is 0 Å². The number of hydrogen-bond donors (Lipinski definition) is 2. The number of aromatic nitrogens is 2. The van der Waals surface area contributed by atoms with Crippen LogP contribution in [0.3, 0.4) is 0 Å². The monoisotopic (exact) mass is 285 g/mol. The molecular formula is C16H23N5. The SMILES string of the molecule is NCC(CN)CN(Cc1ccccn1)Cc1ccccn1. The van der Waals surface area contributed by atoms with Gasteiger partial charge in [0, 0.05) is 32.0 Å². The molecule has 0 aliphatic carbocycles. The lowest BCUT2D eigenvalue weighted by atomic mass is 10.1. The lowest BCUT2D eigenvalue weighted by molar-refractivity contribution is 0.214. The van der Waals surface area contributed by atoms with Gasteiger partial charge in [-0.25, -0.2) is 0 Å². The molecule has 2 aromatic heterocycles. The standard InChI is InChI=1S/C16H23N5/c17-9-14(10-18)11-21(12-15-5-1-3-7-19-15)13-16-6-2-4-8-20-16/h1-8,14H,9-13,17-18H2. The van der Waals surface area contributed by atoms with Gasteiger partial charge in [0.15, 0.2) is 0 Å². The molecule has 112 valence electrons. The zero-order valence-electron chi connectivity index (χ0n) is 12.2. The second kappa shape index (κ2) is 8.46. The third-order valence-electron chi connectivity index (χ3n) is 3.41. The van der Waals surface area contributed by atoms with E-state index in [0.717, 1.165) is 31.0 Å². The minimum atomic E-state index is 0.289. The van der Waals surface area contributed by atoms with Crippen LogP contribution in [0.4, 0.5) is 0 Å². The Morgan fingerprint density at radius 2 is 1.38 bits per heavy atom. The average molecular weight is 285 g/mol. The first-order valence-electron chi connectivity index (χ1n) is 7.24. The van der Waals surface area contributed by atoms with Crippen LogP contribution in [0.25, 0.3) is 0 Å². The van der Waals surface area contributed by atoms with Crippen molar-refractivity contribution in [3.05, 3.63) is 60.2 Å². The molecule has 0 saturated heterocycles. The number of nitrogens with zero attached hydrogens (tertiary/aromatic N) is 3. The van der Waals surface area contributed by atoms with Crippen molar-refractivity contribution in [3.63, 3.8) is 0 Å². The van der Waals surface area contributed by atoms with E-state index in [9.17, 15) is 0 Å². The molecule has 5 heteroatoms. The first-order chi connectivity index (χ1) is 10.3. The normalized spacial score (nSPS) is 11.2. The van der Waals surface area contributed by atoms with Gasteiger partial charge in [-0.05, 0) is 43.3 Å². The van der Waals surface area contributed by atoms with Gasteiger partial charge >= 0.3 is 0 Å². The van der Waals surface area contributed by atoms with E-state index in [0.29, 0.717) is 13.1 Å². The maximum Gasteiger partial charge on any atom is 0.0544 e. The number of rotatable bonds is 8. The molecule has 5 nitrogen and oxygen atoms in total. The first kappa shape index (κ1) is 15.6. The Labute approximate surface area is 126 Å². The van der Waals surface area contributed by atoms with E-state index < -0.39 is 0 Å². The molecule has 0 saturated carbocycles. The summed E-state index contributed by atoms with van der Waals surface area (Å²) in [6.07, 6.45) is 3.63. The molecular weight excluding hydrogens is 262 g/mol. The smallest absolute Gasteiger partial charge is 0.0544 e. The van der Waals surface area contributed by atoms with Gasteiger partial charge in [-0.1, -0.05) is 12.1 Å². The van der Waals surface area contributed by atoms with E-state index in [4.69, 9.17) is 11.5 Å². The van der Waals surface area contributed by atoms with Crippen LogP contribution in [-0.2, 0) is 13.1 Å². The fraction of sp³-hybridized carbons (Fsp3) is 0.375. The highest BCUT2D eigenvalue weighted by Gasteiger charge is 2.14. The van der Waals surface area contributed by atoms with Crippen LogP contribution in [0.15, 0.2) is 48.8 Å². The average Bonchev–Trinajstić information content (AvgIpc) is 2.54. The van der Waals surface area contributed by atoms with Gasteiger partial charge < -0.3 is 11.5 Å². The van der Waals surface area contributed by atoms with Crippen molar-refractivity contribution in [1.29, 1.82) is 0 Å². The number of pyridine rings is 2. The van der Waals surface area contributed by atoms with Gasteiger partial charge in [-0.15, -0.1) is 0 Å². The van der Waals surface area contributed by atoms with Crippen LogP contribution < -0.4 is 11.5 Å². The molecule has 2 heterocycles. The molecule has 0 aliphatic rings. The summed E-state index contributed by atoms with van der Waals surface area (Å²) in [4.78, 5) is 11.1. The van der Waals surface area contributed by atoms with E-state index >= 15 is 0 Å². The highest BCUT2D eigenvalue weighted by molar-refractivity contribution is 5.06. The largest absolute Gasteiger partial charge is 0.330 e. The quantitative estimate of drug-likeness (QED) is 0.756. The summed E-state index contributed by atoms with van der Waals surface area (Å²) in [6, 6.07) is 11.9. The molecule has 21 heavy (non-hydrogen) atoms. The minimum absolute atomic E-state index is 0.289. The molecule has 2 rings (SSSR count). The van der Waals surface area contributed by atoms with Crippen molar-refractivity contribution >= 4 is 0 Å². The minimum Gasteiger partial charge on any atom is -0.330 e. The third kappa shape index (κ3) is 5.23. The molecule has 0 aliphatic heterocycles. The Morgan fingerprint density at radius 3 is 1.76 bits per heavy atom. The molecule has 4 N–H and O–H groups in total. The molecule has 0 bridgehead atoms. The maximum absolute atomic E-state index is 5.78. The third-order valence-corrected chi connectivity index (χ3v) is 3.41. The summed E-state index contributed by atoms with van der Waals surface area (Å²) in [5.41, 5.74) is 13.6. The summed E-state index contributed by atoms with van der Waals surface area (Å²) in [6.45, 7) is 3.58. The van der Waals surface area contributed by atoms with E-state index in [1.54, 1.807) is 0 Å². The molecule has 0 atom stereocenters. The maximum atomic E-state index is 5.78. The van der Waals surface area contributed by atoms with Gasteiger partial charge in [0.25, 0.3) is 0 Å². The summed E-state index contributed by atoms with van der Waals surface area (Å²) in [5.74, 6) is 0.289. The fourth-order valence-corrected chi connectivity index (χ4v) is 2.24. The summed E-state index contributed by atoms with van der Waals surface area (Å²) in [5, 5.41) is 0. The Hall–Kier alpha value is -1.82. The molecule has 0 radical (unpaired) electrons. The second-order valence-corrected chi connectivity index (χ2v) is 5.15. The predicted octanol–water partition coefficient (Wildman–Crippen LogP) is 1.01. The fourth-order valence-electron chi connectivity index (χ4n) is 2.24. The highest BCUT2D eigenvalue weighted by Crippen LogP contribution is 2.09. The summed E-state index contributed by atoms with van der Waals surface area (Å²) >= 11 is 0. The molecule has 0 unspecified atom stereocenters. The van der Waals surface area contributed by atoms with Crippen molar-refractivity contribution in [2.45, 2.75) is 13.1 Å². The van der Waals surface area contributed by atoms with Crippen LogP contribution in [0.2, 0.25) is 0 Å². The van der Waals surface area contributed by atoms with Crippen molar-refractivity contribution in [1.82, 2.24) is 14.9 Å².